The maximum absolute atomic E-state index is 12.9. The van der Waals surface area contributed by atoms with Crippen LogP contribution in [0.1, 0.15) is 17.8 Å². The summed E-state index contributed by atoms with van der Waals surface area (Å²) in [6.45, 7) is 2.79. The zero-order valence-electron chi connectivity index (χ0n) is 16.3. The zero-order chi connectivity index (χ0) is 21.2. The summed E-state index contributed by atoms with van der Waals surface area (Å²) in [4.78, 5) is 29.0. The molecule has 0 radical (unpaired) electrons. The number of benzene rings is 1. The Kier molecular flexibility index (Phi) is 5.99. The third kappa shape index (κ3) is 4.46. The molecule has 1 aliphatic rings. The molecular formula is C18H23N5O5S. The molecule has 0 aliphatic carbocycles. The molecule has 0 N–H and O–H groups in total. The number of carbonyl (C=O) groups is 1. The van der Waals surface area contributed by atoms with E-state index in [4.69, 9.17) is 0 Å². The molecule has 1 aromatic heterocycles. The third-order valence-corrected chi connectivity index (χ3v) is 6.80. The Bertz CT molecular complexity index is 1010. The van der Waals surface area contributed by atoms with Crippen LogP contribution in [-0.4, -0.2) is 64.2 Å². The normalized spacial score (nSPS) is 15.9. The fourth-order valence-corrected chi connectivity index (χ4v) is 4.77. The molecule has 1 aliphatic heterocycles. The van der Waals surface area contributed by atoms with Crippen molar-refractivity contribution in [3.05, 3.63) is 52.0 Å². The minimum Gasteiger partial charge on any atom is -0.341 e. The molecule has 1 amide bonds. The first-order chi connectivity index (χ1) is 13.7. The van der Waals surface area contributed by atoms with Crippen LogP contribution in [0.15, 0.2) is 35.5 Å². The standard InChI is InChI=1S/C18H23N5O5S/c1-14-19-17(13-20(14)2)29(27,28)22-9-5-8-21(10-11-22)18(24)12-15-6-3-4-7-16(15)23(25)26/h3-4,6-7,13H,5,8-12H2,1-2H3. The molecule has 2 aromatic rings. The quantitative estimate of drug-likeness (QED) is 0.527. The Balaban J connectivity index is 1.70. The first-order valence-corrected chi connectivity index (χ1v) is 10.6. The van der Waals surface area contributed by atoms with Crippen molar-refractivity contribution in [3.63, 3.8) is 0 Å². The van der Waals surface area contributed by atoms with Gasteiger partial charge in [-0.2, -0.15) is 4.31 Å². The molecule has 10 nitrogen and oxygen atoms in total. The monoisotopic (exact) mass is 421 g/mol. The predicted octanol–water partition coefficient (Wildman–Crippen LogP) is 1.10. The van der Waals surface area contributed by atoms with Crippen molar-refractivity contribution in [2.24, 2.45) is 7.05 Å². The zero-order valence-corrected chi connectivity index (χ0v) is 17.1. The van der Waals surface area contributed by atoms with Crippen LogP contribution >= 0.6 is 0 Å². The second-order valence-corrected chi connectivity index (χ2v) is 8.82. The average molecular weight is 421 g/mol. The van der Waals surface area contributed by atoms with Crippen molar-refractivity contribution in [1.82, 2.24) is 18.8 Å². The second-order valence-electron chi connectivity index (χ2n) is 6.94. The van der Waals surface area contributed by atoms with E-state index < -0.39 is 14.9 Å². The van der Waals surface area contributed by atoms with Crippen LogP contribution in [0.3, 0.4) is 0 Å². The largest absolute Gasteiger partial charge is 0.341 e. The van der Waals surface area contributed by atoms with Gasteiger partial charge in [-0.15, -0.1) is 0 Å². The van der Waals surface area contributed by atoms with Crippen molar-refractivity contribution in [2.45, 2.75) is 24.8 Å². The number of nitro groups is 1. The van der Waals surface area contributed by atoms with Crippen molar-refractivity contribution in [1.29, 1.82) is 0 Å². The highest BCUT2D eigenvalue weighted by molar-refractivity contribution is 7.89. The van der Waals surface area contributed by atoms with E-state index in [1.54, 1.807) is 41.6 Å². The molecule has 0 saturated carbocycles. The number of amides is 1. The highest BCUT2D eigenvalue weighted by atomic mass is 32.2. The maximum atomic E-state index is 12.9. The summed E-state index contributed by atoms with van der Waals surface area (Å²) in [6.07, 6.45) is 1.87. The van der Waals surface area contributed by atoms with Gasteiger partial charge in [0, 0.05) is 51.1 Å². The fourth-order valence-electron chi connectivity index (χ4n) is 3.28. The molecule has 11 heteroatoms. The van der Waals surface area contributed by atoms with E-state index in [1.807, 2.05) is 0 Å². The van der Waals surface area contributed by atoms with Gasteiger partial charge in [-0.05, 0) is 13.3 Å². The Morgan fingerprint density at radius 2 is 1.93 bits per heavy atom. The SMILES string of the molecule is Cc1nc(S(=O)(=O)N2CCCN(C(=O)Cc3ccccc3[N+](=O)[O-])CC2)cn1C. The van der Waals surface area contributed by atoms with Crippen LogP contribution in [0, 0.1) is 17.0 Å². The summed E-state index contributed by atoms with van der Waals surface area (Å²) >= 11 is 0. The van der Waals surface area contributed by atoms with E-state index in [1.165, 1.54) is 16.6 Å². The topological polar surface area (TPSA) is 119 Å². The molecule has 156 valence electrons. The predicted molar refractivity (Wildman–Crippen MR) is 105 cm³/mol. The molecule has 2 heterocycles. The Morgan fingerprint density at radius 3 is 2.59 bits per heavy atom. The third-order valence-electron chi connectivity index (χ3n) is 5.03. The number of para-hydroxylation sites is 1. The number of imidazole rings is 1. The molecule has 29 heavy (non-hydrogen) atoms. The van der Waals surface area contributed by atoms with Gasteiger partial charge in [0.1, 0.15) is 5.82 Å². The van der Waals surface area contributed by atoms with Gasteiger partial charge in [-0.25, -0.2) is 13.4 Å². The van der Waals surface area contributed by atoms with Crippen LogP contribution in [0.25, 0.3) is 0 Å². The first-order valence-electron chi connectivity index (χ1n) is 9.20. The molecule has 0 unspecified atom stereocenters. The number of sulfonamides is 1. The Morgan fingerprint density at radius 1 is 1.21 bits per heavy atom. The van der Waals surface area contributed by atoms with Crippen LogP contribution in [0.4, 0.5) is 5.69 Å². The van der Waals surface area contributed by atoms with E-state index in [2.05, 4.69) is 4.98 Å². The van der Waals surface area contributed by atoms with Gasteiger partial charge >= 0.3 is 0 Å². The number of aromatic nitrogens is 2. The number of nitro benzene ring substituents is 1. The Labute approximate surface area is 169 Å². The second kappa shape index (κ2) is 8.29. The summed E-state index contributed by atoms with van der Waals surface area (Å²) < 4.78 is 28.7. The van der Waals surface area contributed by atoms with E-state index in [0.29, 0.717) is 24.4 Å². The smallest absolute Gasteiger partial charge is 0.273 e. The lowest BCUT2D eigenvalue weighted by molar-refractivity contribution is -0.385. The van der Waals surface area contributed by atoms with Gasteiger partial charge in [0.15, 0.2) is 5.03 Å². The fraction of sp³-hybridized carbons (Fsp3) is 0.444. The van der Waals surface area contributed by atoms with E-state index in [-0.39, 0.29) is 42.7 Å². The number of aryl methyl sites for hydroxylation is 2. The highest BCUT2D eigenvalue weighted by Gasteiger charge is 2.30. The molecule has 1 aromatic carbocycles. The van der Waals surface area contributed by atoms with E-state index in [0.717, 1.165) is 0 Å². The summed E-state index contributed by atoms with van der Waals surface area (Å²) in [6, 6.07) is 6.14. The molecule has 1 fully saturated rings. The van der Waals surface area contributed by atoms with Gasteiger partial charge in [0.05, 0.1) is 11.3 Å². The molecule has 1 saturated heterocycles. The van der Waals surface area contributed by atoms with Gasteiger partial charge in [0.25, 0.3) is 15.7 Å². The summed E-state index contributed by atoms with van der Waals surface area (Å²) in [5.74, 6) is 0.340. The van der Waals surface area contributed by atoms with Crippen molar-refractivity contribution in [3.8, 4) is 0 Å². The summed E-state index contributed by atoms with van der Waals surface area (Å²) in [7, 11) is -2.01. The van der Waals surface area contributed by atoms with Gasteiger partial charge in [-0.3, -0.25) is 14.9 Å². The summed E-state index contributed by atoms with van der Waals surface area (Å²) in [5.41, 5.74) is 0.255. The van der Waals surface area contributed by atoms with Crippen molar-refractivity contribution in [2.75, 3.05) is 26.2 Å². The van der Waals surface area contributed by atoms with E-state index >= 15 is 0 Å². The lowest BCUT2D eigenvalue weighted by Crippen LogP contribution is -2.38. The van der Waals surface area contributed by atoms with Crippen LogP contribution in [0.5, 0.6) is 0 Å². The minimum atomic E-state index is -3.74. The lowest BCUT2D eigenvalue weighted by atomic mass is 10.1. The molecule has 0 spiro atoms. The van der Waals surface area contributed by atoms with Gasteiger partial charge < -0.3 is 9.47 Å². The minimum absolute atomic E-state index is 0.00260. The summed E-state index contributed by atoms with van der Waals surface area (Å²) in [5, 5.41) is 11.1. The number of hydrogen-bond donors (Lipinski definition) is 0. The molecule has 0 bridgehead atoms. The average Bonchev–Trinajstić information content (AvgIpc) is 2.88. The Hall–Kier alpha value is -2.79. The van der Waals surface area contributed by atoms with Crippen LogP contribution < -0.4 is 0 Å². The van der Waals surface area contributed by atoms with E-state index in [9.17, 15) is 23.3 Å². The van der Waals surface area contributed by atoms with Crippen molar-refractivity contribution < 1.29 is 18.1 Å². The van der Waals surface area contributed by atoms with Gasteiger partial charge in [0.2, 0.25) is 5.91 Å². The molecule has 3 rings (SSSR count). The van der Waals surface area contributed by atoms with Crippen molar-refractivity contribution >= 4 is 21.6 Å². The first kappa shape index (κ1) is 20.9. The van der Waals surface area contributed by atoms with Crippen LogP contribution in [-0.2, 0) is 28.3 Å². The highest BCUT2D eigenvalue weighted by Crippen LogP contribution is 2.20. The number of hydrogen-bond acceptors (Lipinski definition) is 6. The molecular weight excluding hydrogens is 398 g/mol. The van der Waals surface area contributed by atoms with Crippen LogP contribution in [0.2, 0.25) is 0 Å². The molecule has 0 atom stereocenters. The number of carbonyl (C=O) groups excluding carboxylic acids is 1. The van der Waals surface area contributed by atoms with Gasteiger partial charge in [-0.1, -0.05) is 18.2 Å². The number of rotatable bonds is 5. The maximum Gasteiger partial charge on any atom is 0.273 e. The lowest BCUT2D eigenvalue weighted by Gasteiger charge is -2.21. The number of nitrogens with zero attached hydrogens (tertiary/aromatic N) is 5.